The highest BCUT2D eigenvalue weighted by molar-refractivity contribution is 7.09. The van der Waals surface area contributed by atoms with Crippen LogP contribution in [0.25, 0.3) is 0 Å². The summed E-state index contributed by atoms with van der Waals surface area (Å²) in [5.74, 6) is 0. The maximum atomic E-state index is 6.18. The maximum Gasteiger partial charge on any atom is 0.110 e. The normalized spacial score (nSPS) is 15.0. The predicted molar refractivity (Wildman–Crippen MR) is 73.4 cm³/mol. The third-order valence-electron chi connectivity index (χ3n) is 2.87. The van der Waals surface area contributed by atoms with Gasteiger partial charge < -0.3 is 10.5 Å². The van der Waals surface area contributed by atoms with Gasteiger partial charge in [0.05, 0.1) is 17.3 Å². The molecule has 0 amide bonds. The van der Waals surface area contributed by atoms with Crippen LogP contribution in [0.15, 0.2) is 5.38 Å². The Morgan fingerprint density at radius 1 is 1.35 bits per heavy atom. The van der Waals surface area contributed by atoms with E-state index in [2.05, 4.69) is 31.1 Å². The van der Waals surface area contributed by atoms with E-state index in [4.69, 9.17) is 10.5 Å². The second-order valence-corrected chi connectivity index (χ2v) is 6.99. The van der Waals surface area contributed by atoms with E-state index in [0.29, 0.717) is 0 Å². The van der Waals surface area contributed by atoms with Gasteiger partial charge in [0.15, 0.2) is 0 Å². The van der Waals surface area contributed by atoms with Crippen LogP contribution in [-0.2, 0) is 10.2 Å². The number of ether oxygens (including phenoxy) is 1. The first-order chi connectivity index (χ1) is 7.65. The SMILES string of the molecule is COC(C)(C)CC(N)c1nc(C(C)(C)C)cs1. The molecule has 98 valence electrons. The van der Waals surface area contributed by atoms with E-state index in [0.717, 1.165) is 17.1 Å². The number of hydrogen-bond acceptors (Lipinski definition) is 4. The van der Waals surface area contributed by atoms with Gasteiger partial charge in [-0.2, -0.15) is 0 Å². The minimum atomic E-state index is -0.201. The van der Waals surface area contributed by atoms with E-state index in [1.807, 2.05) is 13.8 Å². The third kappa shape index (κ3) is 4.05. The van der Waals surface area contributed by atoms with Crippen LogP contribution in [0.1, 0.15) is 57.8 Å². The summed E-state index contributed by atoms with van der Waals surface area (Å²) in [6.45, 7) is 10.6. The Morgan fingerprint density at radius 3 is 2.35 bits per heavy atom. The van der Waals surface area contributed by atoms with E-state index < -0.39 is 0 Å². The number of nitrogens with two attached hydrogens (primary N) is 1. The van der Waals surface area contributed by atoms with Crippen LogP contribution in [0.2, 0.25) is 0 Å². The van der Waals surface area contributed by atoms with Crippen molar-refractivity contribution in [2.24, 2.45) is 5.73 Å². The number of aromatic nitrogens is 1. The third-order valence-corrected chi connectivity index (χ3v) is 3.85. The molecule has 2 N–H and O–H groups in total. The second kappa shape index (κ2) is 5.04. The van der Waals surface area contributed by atoms with Crippen LogP contribution in [0.5, 0.6) is 0 Å². The average molecular weight is 256 g/mol. The molecule has 0 aromatic carbocycles. The lowest BCUT2D eigenvalue weighted by Gasteiger charge is -2.25. The first kappa shape index (κ1) is 14.6. The molecule has 17 heavy (non-hydrogen) atoms. The Kier molecular flexibility index (Phi) is 4.33. The lowest BCUT2D eigenvalue weighted by Crippen LogP contribution is -2.28. The minimum Gasteiger partial charge on any atom is -0.379 e. The van der Waals surface area contributed by atoms with Gasteiger partial charge in [-0.25, -0.2) is 4.98 Å². The molecule has 0 saturated carbocycles. The van der Waals surface area contributed by atoms with Crippen molar-refractivity contribution in [2.75, 3.05) is 7.11 Å². The number of hydrogen-bond donors (Lipinski definition) is 1. The van der Waals surface area contributed by atoms with E-state index >= 15 is 0 Å². The molecule has 1 aromatic heterocycles. The molecule has 1 atom stereocenters. The van der Waals surface area contributed by atoms with Crippen LogP contribution in [0.3, 0.4) is 0 Å². The van der Waals surface area contributed by atoms with Gasteiger partial charge in [-0.05, 0) is 20.3 Å². The van der Waals surface area contributed by atoms with E-state index in [1.54, 1.807) is 18.4 Å². The molecule has 3 nitrogen and oxygen atoms in total. The molecule has 1 rings (SSSR count). The van der Waals surface area contributed by atoms with Crippen LogP contribution >= 0.6 is 11.3 Å². The highest BCUT2D eigenvalue weighted by Gasteiger charge is 2.25. The monoisotopic (exact) mass is 256 g/mol. The molecule has 0 radical (unpaired) electrons. The molecule has 0 aliphatic carbocycles. The zero-order valence-corrected chi connectivity index (χ0v) is 12.5. The van der Waals surface area contributed by atoms with Crippen molar-refractivity contribution in [3.63, 3.8) is 0 Å². The molecule has 1 unspecified atom stereocenters. The Morgan fingerprint density at radius 2 is 1.94 bits per heavy atom. The van der Waals surface area contributed by atoms with Gasteiger partial charge in [0.1, 0.15) is 5.01 Å². The van der Waals surface area contributed by atoms with Crippen molar-refractivity contribution in [1.82, 2.24) is 4.98 Å². The quantitative estimate of drug-likeness (QED) is 0.899. The molecular formula is C13H24N2OS. The highest BCUT2D eigenvalue weighted by Crippen LogP contribution is 2.29. The molecule has 0 aliphatic heterocycles. The van der Waals surface area contributed by atoms with Crippen LogP contribution < -0.4 is 5.73 Å². The van der Waals surface area contributed by atoms with Crippen LogP contribution in [0.4, 0.5) is 0 Å². The lowest BCUT2D eigenvalue weighted by molar-refractivity contribution is 0.00993. The summed E-state index contributed by atoms with van der Waals surface area (Å²) in [6, 6.07) is -0.0500. The van der Waals surface area contributed by atoms with Gasteiger partial charge in [-0.3, -0.25) is 0 Å². The topological polar surface area (TPSA) is 48.1 Å². The van der Waals surface area contributed by atoms with Crippen molar-refractivity contribution in [3.8, 4) is 0 Å². The molecule has 0 spiro atoms. The first-order valence-corrected chi connectivity index (χ1v) is 6.80. The Labute approximate surface area is 108 Å². The molecule has 0 aliphatic rings. The van der Waals surface area contributed by atoms with Crippen molar-refractivity contribution in [3.05, 3.63) is 16.1 Å². The van der Waals surface area contributed by atoms with E-state index in [1.165, 1.54) is 0 Å². The van der Waals surface area contributed by atoms with Crippen molar-refractivity contribution in [1.29, 1.82) is 0 Å². The summed E-state index contributed by atoms with van der Waals surface area (Å²) in [4.78, 5) is 4.64. The summed E-state index contributed by atoms with van der Waals surface area (Å²) in [5, 5.41) is 3.11. The van der Waals surface area contributed by atoms with E-state index in [9.17, 15) is 0 Å². The van der Waals surface area contributed by atoms with Gasteiger partial charge >= 0.3 is 0 Å². The molecule has 4 heteroatoms. The van der Waals surface area contributed by atoms with E-state index in [-0.39, 0.29) is 17.1 Å². The number of nitrogens with zero attached hydrogens (tertiary/aromatic N) is 1. The van der Waals surface area contributed by atoms with Crippen LogP contribution in [0, 0.1) is 0 Å². The lowest BCUT2D eigenvalue weighted by atomic mass is 9.93. The summed E-state index contributed by atoms with van der Waals surface area (Å²) in [7, 11) is 1.72. The molecule has 1 heterocycles. The number of methoxy groups -OCH3 is 1. The zero-order valence-electron chi connectivity index (χ0n) is 11.7. The van der Waals surface area contributed by atoms with Crippen molar-refractivity contribution < 1.29 is 4.74 Å². The van der Waals surface area contributed by atoms with Crippen molar-refractivity contribution in [2.45, 2.75) is 58.1 Å². The van der Waals surface area contributed by atoms with Gasteiger partial charge in [-0.1, -0.05) is 20.8 Å². The summed E-state index contributed by atoms with van der Waals surface area (Å²) in [6.07, 6.45) is 0.778. The first-order valence-electron chi connectivity index (χ1n) is 5.92. The van der Waals surface area contributed by atoms with Gasteiger partial charge in [0, 0.05) is 17.9 Å². The van der Waals surface area contributed by atoms with Crippen molar-refractivity contribution >= 4 is 11.3 Å². The molecule has 0 bridgehead atoms. The standard InChI is InChI=1S/C13H24N2OS/c1-12(2,3)10-8-17-11(15-10)9(14)7-13(4,5)16-6/h8-9H,7,14H2,1-6H3. The smallest absolute Gasteiger partial charge is 0.110 e. The fourth-order valence-corrected chi connectivity index (χ4v) is 2.55. The average Bonchev–Trinajstić information content (AvgIpc) is 2.65. The number of thiazole rings is 1. The van der Waals surface area contributed by atoms with Gasteiger partial charge in [0.2, 0.25) is 0 Å². The minimum absolute atomic E-state index is 0.0500. The largest absolute Gasteiger partial charge is 0.379 e. The fourth-order valence-electron chi connectivity index (χ4n) is 1.50. The molecule has 1 aromatic rings. The van der Waals surface area contributed by atoms with Gasteiger partial charge in [0.25, 0.3) is 0 Å². The Bertz CT molecular complexity index is 366. The van der Waals surface area contributed by atoms with Crippen LogP contribution in [-0.4, -0.2) is 17.7 Å². The molecule has 0 fully saturated rings. The Hall–Kier alpha value is -0.450. The number of rotatable bonds is 4. The highest BCUT2D eigenvalue weighted by atomic mass is 32.1. The fraction of sp³-hybridized carbons (Fsp3) is 0.769. The Balaban J connectivity index is 2.77. The second-order valence-electron chi connectivity index (χ2n) is 6.10. The maximum absolute atomic E-state index is 6.18. The zero-order chi connectivity index (χ0) is 13.3. The van der Waals surface area contributed by atoms with Gasteiger partial charge in [-0.15, -0.1) is 11.3 Å². The molecular weight excluding hydrogens is 232 g/mol. The summed E-state index contributed by atoms with van der Waals surface area (Å²) < 4.78 is 5.40. The summed E-state index contributed by atoms with van der Waals surface area (Å²) in [5.41, 5.74) is 7.18. The summed E-state index contributed by atoms with van der Waals surface area (Å²) >= 11 is 1.64. The molecule has 0 saturated heterocycles. The predicted octanol–water partition coefficient (Wildman–Crippen LogP) is 3.26.